The van der Waals surface area contributed by atoms with Gasteiger partial charge in [0, 0.05) is 4.47 Å². The molecule has 0 amide bonds. The van der Waals surface area contributed by atoms with Crippen LogP contribution < -0.4 is 0 Å². The number of benzene rings is 2. The molecule has 0 unspecified atom stereocenters. The summed E-state index contributed by atoms with van der Waals surface area (Å²) in [5.74, 6) is 0.257. The molecule has 0 fully saturated rings. The zero-order chi connectivity index (χ0) is 11.8. The van der Waals surface area contributed by atoms with Crippen molar-refractivity contribution in [1.82, 2.24) is 4.98 Å². The molecule has 0 saturated heterocycles. The molecule has 3 rings (SSSR count). The maximum atomic E-state index is 9.86. The lowest BCUT2D eigenvalue weighted by molar-refractivity contribution is 0.477. The Morgan fingerprint density at radius 1 is 1.12 bits per heavy atom. The van der Waals surface area contributed by atoms with E-state index in [2.05, 4.69) is 20.9 Å². The van der Waals surface area contributed by atoms with E-state index in [1.807, 2.05) is 36.4 Å². The fraction of sp³-hybridized carbons (Fsp3) is 0. The van der Waals surface area contributed by atoms with Crippen molar-refractivity contribution in [3.05, 3.63) is 46.9 Å². The molecule has 4 heteroatoms. The Morgan fingerprint density at radius 3 is 2.76 bits per heavy atom. The molecule has 0 aliphatic rings. The number of aromatic nitrogens is 1. The van der Waals surface area contributed by atoms with Crippen LogP contribution in [0.15, 0.2) is 46.9 Å². The minimum Gasteiger partial charge on any atom is -0.507 e. The highest BCUT2D eigenvalue weighted by molar-refractivity contribution is 9.10. The number of halogens is 1. The van der Waals surface area contributed by atoms with Crippen LogP contribution in [0.3, 0.4) is 0 Å². The van der Waals surface area contributed by atoms with Crippen molar-refractivity contribution in [3.63, 3.8) is 0 Å². The van der Waals surface area contributed by atoms with E-state index < -0.39 is 0 Å². The number of thiazole rings is 1. The molecular weight excluding hydrogens is 298 g/mol. The predicted octanol–water partition coefficient (Wildman–Crippen LogP) is 4.43. The Labute approximate surface area is 111 Å². The van der Waals surface area contributed by atoms with Crippen LogP contribution in [0.4, 0.5) is 0 Å². The topological polar surface area (TPSA) is 33.1 Å². The third-order valence-electron chi connectivity index (χ3n) is 2.48. The van der Waals surface area contributed by atoms with Gasteiger partial charge in [-0.15, -0.1) is 11.3 Å². The van der Waals surface area contributed by atoms with E-state index in [9.17, 15) is 5.11 Å². The van der Waals surface area contributed by atoms with E-state index in [1.165, 1.54) is 0 Å². The minimum atomic E-state index is 0.257. The summed E-state index contributed by atoms with van der Waals surface area (Å²) < 4.78 is 2.06. The molecule has 3 aromatic rings. The summed E-state index contributed by atoms with van der Waals surface area (Å²) in [7, 11) is 0. The Morgan fingerprint density at radius 2 is 1.94 bits per heavy atom. The van der Waals surface area contributed by atoms with Gasteiger partial charge in [0.05, 0.1) is 15.8 Å². The van der Waals surface area contributed by atoms with Gasteiger partial charge in [-0.05, 0) is 30.3 Å². The first-order valence-corrected chi connectivity index (χ1v) is 6.69. The number of phenolic OH excluding ortho intramolecular Hbond substituents is 1. The predicted molar refractivity (Wildman–Crippen MR) is 74.4 cm³/mol. The summed E-state index contributed by atoms with van der Waals surface area (Å²) in [6.07, 6.45) is 0. The molecule has 0 radical (unpaired) electrons. The van der Waals surface area contributed by atoms with E-state index in [-0.39, 0.29) is 5.75 Å². The lowest BCUT2D eigenvalue weighted by Crippen LogP contribution is -1.77. The third-order valence-corrected chi connectivity index (χ3v) is 4.05. The molecule has 2 nitrogen and oxygen atoms in total. The summed E-state index contributed by atoms with van der Waals surface area (Å²) >= 11 is 4.98. The molecule has 0 aliphatic heterocycles. The molecule has 0 spiro atoms. The number of rotatable bonds is 1. The van der Waals surface area contributed by atoms with Crippen molar-refractivity contribution >= 4 is 37.5 Å². The van der Waals surface area contributed by atoms with Gasteiger partial charge in [0.25, 0.3) is 0 Å². The highest BCUT2D eigenvalue weighted by atomic mass is 79.9. The molecular formula is C13H8BrNOS. The zero-order valence-corrected chi connectivity index (χ0v) is 11.1. The first kappa shape index (κ1) is 10.7. The van der Waals surface area contributed by atoms with Crippen LogP contribution in [0.25, 0.3) is 20.8 Å². The normalized spacial score (nSPS) is 10.9. The molecule has 0 bridgehead atoms. The van der Waals surface area contributed by atoms with Crippen molar-refractivity contribution < 1.29 is 5.11 Å². The van der Waals surface area contributed by atoms with E-state index in [0.29, 0.717) is 0 Å². The summed E-state index contributed by atoms with van der Waals surface area (Å²) in [4.78, 5) is 4.52. The standard InChI is InChI=1S/C13H8BrNOS/c14-8-5-6-11(16)9(7-8)13-15-10-3-1-2-4-12(10)17-13/h1-7,16H. The van der Waals surface area contributed by atoms with Gasteiger partial charge in [-0.1, -0.05) is 28.1 Å². The van der Waals surface area contributed by atoms with Crippen LogP contribution >= 0.6 is 27.3 Å². The van der Waals surface area contributed by atoms with Gasteiger partial charge in [0.1, 0.15) is 10.8 Å². The number of para-hydroxylation sites is 1. The number of aromatic hydroxyl groups is 1. The average molecular weight is 306 g/mol. The molecule has 2 aromatic carbocycles. The van der Waals surface area contributed by atoms with Gasteiger partial charge >= 0.3 is 0 Å². The smallest absolute Gasteiger partial charge is 0.128 e. The second-order valence-corrected chi connectivity index (χ2v) is 5.59. The second kappa shape index (κ2) is 4.13. The molecule has 1 aromatic heterocycles. The molecule has 0 atom stereocenters. The Kier molecular flexibility index (Phi) is 2.61. The molecule has 1 heterocycles. The highest BCUT2D eigenvalue weighted by Crippen LogP contribution is 2.36. The zero-order valence-electron chi connectivity index (χ0n) is 8.72. The van der Waals surface area contributed by atoms with Gasteiger partial charge in [0.2, 0.25) is 0 Å². The van der Waals surface area contributed by atoms with Gasteiger partial charge in [-0.2, -0.15) is 0 Å². The highest BCUT2D eigenvalue weighted by Gasteiger charge is 2.10. The summed E-state index contributed by atoms with van der Waals surface area (Å²) in [5, 5.41) is 10.7. The maximum Gasteiger partial charge on any atom is 0.128 e. The van der Waals surface area contributed by atoms with Gasteiger partial charge in [-0.25, -0.2) is 4.98 Å². The van der Waals surface area contributed by atoms with E-state index >= 15 is 0 Å². The summed E-state index contributed by atoms with van der Waals surface area (Å²) in [6.45, 7) is 0. The van der Waals surface area contributed by atoms with E-state index in [1.54, 1.807) is 17.4 Å². The molecule has 0 aliphatic carbocycles. The quantitative estimate of drug-likeness (QED) is 0.721. The fourth-order valence-electron chi connectivity index (χ4n) is 1.67. The average Bonchev–Trinajstić information content (AvgIpc) is 2.75. The summed E-state index contributed by atoms with van der Waals surface area (Å²) in [5.41, 5.74) is 1.73. The van der Waals surface area contributed by atoms with Crippen LogP contribution in [0.5, 0.6) is 5.75 Å². The Bertz CT molecular complexity index is 660. The van der Waals surface area contributed by atoms with Crippen LogP contribution in [-0.4, -0.2) is 10.1 Å². The Balaban J connectivity index is 2.23. The monoisotopic (exact) mass is 305 g/mol. The summed E-state index contributed by atoms with van der Waals surface area (Å²) in [6, 6.07) is 13.3. The number of phenols is 1. The third kappa shape index (κ3) is 1.94. The first-order valence-electron chi connectivity index (χ1n) is 5.08. The van der Waals surface area contributed by atoms with E-state index in [0.717, 1.165) is 25.3 Å². The van der Waals surface area contributed by atoms with Crippen LogP contribution in [0, 0.1) is 0 Å². The van der Waals surface area contributed by atoms with Crippen LogP contribution in [-0.2, 0) is 0 Å². The van der Waals surface area contributed by atoms with Crippen molar-refractivity contribution in [2.24, 2.45) is 0 Å². The van der Waals surface area contributed by atoms with Crippen molar-refractivity contribution in [1.29, 1.82) is 0 Å². The molecule has 1 N–H and O–H groups in total. The van der Waals surface area contributed by atoms with Crippen molar-refractivity contribution in [2.45, 2.75) is 0 Å². The van der Waals surface area contributed by atoms with E-state index in [4.69, 9.17) is 0 Å². The van der Waals surface area contributed by atoms with Crippen molar-refractivity contribution in [2.75, 3.05) is 0 Å². The molecule has 0 saturated carbocycles. The molecule has 84 valence electrons. The first-order chi connectivity index (χ1) is 8.24. The van der Waals surface area contributed by atoms with Gasteiger partial charge in [-0.3, -0.25) is 0 Å². The largest absolute Gasteiger partial charge is 0.507 e. The molecule has 17 heavy (non-hydrogen) atoms. The SMILES string of the molecule is Oc1ccc(Br)cc1-c1nc2ccccc2s1. The number of nitrogens with zero attached hydrogens (tertiary/aromatic N) is 1. The number of hydrogen-bond acceptors (Lipinski definition) is 3. The van der Waals surface area contributed by atoms with Gasteiger partial charge < -0.3 is 5.11 Å². The fourth-order valence-corrected chi connectivity index (χ4v) is 3.02. The number of hydrogen-bond donors (Lipinski definition) is 1. The number of fused-ring (bicyclic) bond motifs is 1. The van der Waals surface area contributed by atoms with Gasteiger partial charge in [0.15, 0.2) is 0 Å². The minimum absolute atomic E-state index is 0.257. The van der Waals surface area contributed by atoms with Crippen LogP contribution in [0.1, 0.15) is 0 Å². The lowest BCUT2D eigenvalue weighted by atomic mass is 10.2. The van der Waals surface area contributed by atoms with Crippen molar-refractivity contribution in [3.8, 4) is 16.3 Å². The lowest BCUT2D eigenvalue weighted by Gasteiger charge is -2.00. The van der Waals surface area contributed by atoms with Crippen LogP contribution in [0.2, 0.25) is 0 Å². The second-order valence-electron chi connectivity index (χ2n) is 3.65. The maximum absolute atomic E-state index is 9.86. The Hall–Kier alpha value is -1.39.